The molecule has 2 rings (SSSR count). The number of carbonyl (C=O) groups is 1. The molecule has 10 heteroatoms. The molecule has 1 aromatic carbocycles. The third kappa shape index (κ3) is 3.30. The lowest BCUT2D eigenvalue weighted by Gasteiger charge is -2.39. The van der Waals surface area contributed by atoms with Gasteiger partial charge < -0.3 is 45.2 Å². The predicted molar refractivity (Wildman–Crippen MR) is 70.6 cm³/mol. The molecule has 1 aliphatic heterocycles. The Morgan fingerprint density at radius 1 is 1.04 bits per heavy atom. The minimum absolute atomic E-state index is 0.366. The highest BCUT2D eigenvalue weighted by molar-refractivity contribution is 5.91. The Labute approximate surface area is 129 Å². The first kappa shape index (κ1) is 17.2. The van der Waals surface area contributed by atoms with Crippen molar-refractivity contribution in [1.29, 1.82) is 0 Å². The zero-order valence-corrected chi connectivity index (χ0v) is 11.6. The Kier molecular flexibility index (Phi) is 4.92. The largest absolute Gasteiger partial charge is 0.504 e. The molecule has 1 heterocycles. The third-order valence-electron chi connectivity index (χ3n) is 3.38. The molecule has 0 saturated carbocycles. The minimum Gasteiger partial charge on any atom is -0.504 e. The van der Waals surface area contributed by atoms with Gasteiger partial charge in [0.25, 0.3) is 0 Å². The first-order chi connectivity index (χ1) is 10.8. The van der Waals surface area contributed by atoms with Crippen LogP contribution in [-0.2, 0) is 9.47 Å². The van der Waals surface area contributed by atoms with Crippen LogP contribution in [0.3, 0.4) is 0 Å². The van der Waals surface area contributed by atoms with Gasteiger partial charge in [-0.15, -0.1) is 0 Å². The van der Waals surface area contributed by atoms with Crippen molar-refractivity contribution >= 4 is 5.97 Å². The molecule has 0 bridgehead atoms. The molecule has 23 heavy (non-hydrogen) atoms. The van der Waals surface area contributed by atoms with Gasteiger partial charge in [-0.2, -0.15) is 0 Å². The molecule has 1 fully saturated rings. The molecule has 7 N–H and O–H groups in total. The van der Waals surface area contributed by atoms with Crippen LogP contribution in [0.2, 0.25) is 0 Å². The van der Waals surface area contributed by atoms with Crippen LogP contribution in [0.5, 0.6) is 17.2 Å². The summed E-state index contributed by atoms with van der Waals surface area (Å²) in [5, 5.41) is 65.8. The fourth-order valence-electron chi connectivity index (χ4n) is 2.06. The van der Waals surface area contributed by atoms with Crippen molar-refractivity contribution < 1.29 is 50.0 Å². The highest BCUT2D eigenvalue weighted by Crippen LogP contribution is 2.35. The maximum Gasteiger partial charge on any atom is 0.340 e. The summed E-state index contributed by atoms with van der Waals surface area (Å²) in [6.45, 7) is -0.695. The normalized spacial score (nSPS) is 30.9. The maximum atomic E-state index is 11.9. The second-order valence-electron chi connectivity index (χ2n) is 4.97. The molecule has 1 unspecified atom stereocenters. The molecule has 1 aliphatic rings. The van der Waals surface area contributed by atoms with E-state index in [-0.39, 0.29) is 5.56 Å². The molecule has 0 aliphatic carbocycles. The van der Waals surface area contributed by atoms with Crippen molar-refractivity contribution in [1.82, 2.24) is 0 Å². The molecule has 5 atom stereocenters. The summed E-state index contributed by atoms with van der Waals surface area (Å²) in [6.07, 6.45) is -8.06. The summed E-state index contributed by atoms with van der Waals surface area (Å²) < 4.78 is 9.77. The van der Waals surface area contributed by atoms with Crippen LogP contribution in [0, 0.1) is 0 Å². The van der Waals surface area contributed by atoms with E-state index in [1.807, 2.05) is 0 Å². The first-order valence-electron chi connectivity index (χ1n) is 6.52. The number of hydrogen-bond donors (Lipinski definition) is 7. The van der Waals surface area contributed by atoms with Gasteiger partial charge in [-0.1, -0.05) is 0 Å². The van der Waals surface area contributed by atoms with E-state index in [1.165, 1.54) is 0 Å². The van der Waals surface area contributed by atoms with Gasteiger partial charge in [-0.3, -0.25) is 0 Å². The quantitative estimate of drug-likeness (QED) is 0.236. The zero-order valence-electron chi connectivity index (χ0n) is 11.6. The summed E-state index contributed by atoms with van der Waals surface area (Å²) >= 11 is 0. The molecule has 0 aromatic heterocycles. The summed E-state index contributed by atoms with van der Waals surface area (Å²) in [5.74, 6) is -3.52. The molecule has 0 radical (unpaired) electrons. The maximum absolute atomic E-state index is 11.9. The van der Waals surface area contributed by atoms with Crippen molar-refractivity contribution in [3.63, 3.8) is 0 Å². The number of rotatable bonds is 3. The van der Waals surface area contributed by atoms with Gasteiger partial charge in [0, 0.05) is 0 Å². The lowest BCUT2D eigenvalue weighted by molar-refractivity contribution is -0.285. The minimum atomic E-state index is -1.78. The van der Waals surface area contributed by atoms with E-state index < -0.39 is 60.5 Å². The van der Waals surface area contributed by atoms with Crippen molar-refractivity contribution in [2.45, 2.75) is 30.7 Å². The number of carbonyl (C=O) groups excluding carboxylic acids is 1. The van der Waals surface area contributed by atoms with Gasteiger partial charge >= 0.3 is 5.97 Å². The number of benzene rings is 1. The third-order valence-corrected chi connectivity index (χ3v) is 3.38. The van der Waals surface area contributed by atoms with E-state index in [0.717, 1.165) is 12.1 Å². The summed E-state index contributed by atoms with van der Waals surface area (Å²) in [6, 6.07) is 1.61. The number of aliphatic hydroxyl groups is 4. The Hall–Kier alpha value is -2.11. The molecular weight excluding hydrogens is 316 g/mol. The van der Waals surface area contributed by atoms with Gasteiger partial charge in [0.15, 0.2) is 17.2 Å². The molecule has 128 valence electrons. The second-order valence-corrected chi connectivity index (χ2v) is 4.97. The van der Waals surface area contributed by atoms with Crippen LogP contribution >= 0.6 is 0 Å². The van der Waals surface area contributed by atoms with E-state index in [0.29, 0.717) is 0 Å². The number of aliphatic hydroxyl groups excluding tert-OH is 4. The summed E-state index contributed by atoms with van der Waals surface area (Å²) in [5.41, 5.74) is -0.366. The number of phenols is 3. The number of hydrogen-bond acceptors (Lipinski definition) is 10. The predicted octanol–water partition coefficient (Wildman–Crippen LogP) is -2.24. The van der Waals surface area contributed by atoms with Crippen LogP contribution in [0.4, 0.5) is 0 Å². The van der Waals surface area contributed by atoms with Crippen LogP contribution in [-0.4, -0.2) is 79.0 Å². The van der Waals surface area contributed by atoms with Gasteiger partial charge in [0.1, 0.15) is 24.4 Å². The number of ether oxygens (including phenoxy) is 2. The fourth-order valence-corrected chi connectivity index (χ4v) is 2.06. The molecule has 0 amide bonds. The Bertz CT molecular complexity index is 563. The van der Waals surface area contributed by atoms with E-state index >= 15 is 0 Å². The first-order valence-corrected chi connectivity index (χ1v) is 6.52. The van der Waals surface area contributed by atoms with Crippen molar-refractivity contribution in [2.24, 2.45) is 0 Å². The molecule has 1 aromatic rings. The van der Waals surface area contributed by atoms with E-state index in [9.17, 15) is 35.4 Å². The molecule has 1 saturated heterocycles. The van der Waals surface area contributed by atoms with Gasteiger partial charge in [0.05, 0.1) is 12.2 Å². The highest BCUT2D eigenvalue weighted by Gasteiger charge is 2.45. The van der Waals surface area contributed by atoms with Gasteiger partial charge in [-0.05, 0) is 12.1 Å². The topological polar surface area (TPSA) is 177 Å². The lowest BCUT2D eigenvalue weighted by Crippen LogP contribution is -2.59. The standard InChI is InChI=1S/C13H16O10/c14-3-7-9(18)10(19)11(20)13(22-7)23-12(21)4-1-5(15)8(17)6(16)2-4/h1-2,7,9-11,13-20H,3H2/t7-,9-,10+,11-,13?/m1/s1. The van der Waals surface area contributed by atoms with Gasteiger partial charge in [0.2, 0.25) is 6.29 Å². The molecule has 0 spiro atoms. The van der Waals surface area contributed by atoms with E-state index in [1.54, 1.807) is 0 Å². The van der Waals surface area contributed by atoms with E-state index in [4.69, 9.17) is 14.6 Å². The van der Waals surface area contributed by atoms with E-state index in [2.05, 4.69) is 0 Å². The molecule has 10 nitrogen and oxygen atoms in total. The zero-order chi connectivity index (χ0) is 17.3. The van der Waals surface area contributed by atoms with Crippen LogP contribution in [0.1, 0.15) is 10.4 Å². The summed E-state index contributed by atoms with van der Waals surface area (Å²) in [4.78, 5) is 11.9. The lowest BCUT2D eigenvalue weighted by atomic mass is 9.99. The van der Waals surface area contributed by atoms with Crippen molar-refractivity contribution in [3.05, 3.63) is 17.7 Å². The van der Waals surface area contributed by atoms with Crippen LogP contribution in [0.25, 0.3) is 0 Å². The van der Waals surface area contributed by atoms with Crippen LogP contribution < -0.4 is 0 Å². The number of aromatic hydroxyl groups is 3. The number of esters is 1. The Morgan fingerprint density at radius 2 is 1.61 bits per heavy atom. The van der Waals surface area contributed by atoms with Crippen LogP contribution in [0.15, 0.2) is 12.1 Å². The summed E-state index contributed by atoms with van der Waals surface area (Å²) in [7, 11) is 0. The second kappa shape index (κ2) is 6.56. The Balaban J connectivity index is 2.16. The van der Waals surface area contributed by atoms with Crippen molar-refractivity contribution in [3.8, 4) is 17.2 Å². The monoisotopic (exact) mass is 332 g/mol. The van der Waals surface area contributed by atoms with Gasteiger partial charge in [-0.25, -0.2) is 4.79 Å². The SMILES string of the molecule is O=C(OC1O[C@H](CO)[C@@H](O)[C@H](O)[C@H]1O)c1cc(O)c(O)c(O)c1. The molecular formula is C13H16O10. The highest BCUT2D eigenvalue weighted by atomic mass is 16.7. The average molecular weight is 332 g/mol. The fraction of sp³-hybridized carbons (Fsp3) is 0.462. The Morgan fingerprint density at radius 3 is 2.13 bits per heavy atom. The smallest absolute Gasteiger partial charge is 0.340 e. The van der Waals surface area contributed by atoms with Crippen molar-refractivity contribution in [2.75, 3.05) is 6.61 Å². The average Bonchev–Trinajstić information content (AvgIpc) is 2.52. The number of phenolic OH excluding ortho intramolecular Hbond substituents is 3.